The molecule has 12 heavy (non-hydrogen) atoms. The number of thioether (sulfide) groups is 1. The van der Waals surface area contributed by atoms with Crippen molar-refractivity contribution >= 4 is 17.5 Å². The van der Waals surface area contributed by atoms with Crippen LogP contribution in [0.2, 0.25) is 0 Å². The van der Waals surface area contributed by atoms with E-state index >= 15 is 0 Å². The lowest BCUT2D eigenvalue weighted by Crippen LogP contribution is -1.92. The predicted octanol–water partition coefficient (Wildman–Crippen LogP) is 2.37. The Labute approximate surface area is 73.9 Å². The predicted molar refractivity (Wildman–Crippen MR) is 47.3 cm³/mol. The Morgan fingerprint density at radius 2 is 2.08 bits per heavy atom. The van der Waals surface area contributed by atoms with Crippen molar-refractivity contribution in [3.05, 3.63) is 41.0 Å². The van der Waals surface area contributed by atoms with E-state index in [1.807, 2.05) is 18.2 Å². The van der Waals surface area contributed by atoms with Gasteiger partial charge < -0.3 is 5.11 Å². The monoisotopic (exact) mass is 178 g/mol. The van der Waals surface area contributed by atoms with Gasteiger partial charge in [-0.25, -0.2) is 0 Å². The lowest BCUT2D eigenvalue weighted by atomic mass is 10.1. The fourth-order valence-electron chi connectivity index (χ4n) is 1.13. The van der Waals surface area contributed by atoms with Crippen LogP contribution in [0.1, 0.15) is 10.4 Å². The summed E-state index contributed by atoms with van der Waals surface area (Å²) in [7, 11) is 0. The molecule has 2 rings (SSSR count). The van der Waals surface area contributed by atoms with Crippen LogP contribution in [0.15, 0.2) is 40.3 Å². The maximum atomic E-state index is 11.4. The molecule has 2 nitrogen and oxygen atoms in total. The highest BCUT2D eigenvalue weighted by Gasteiger charge is 2.24. The Morgan fingerprint density at radius 1 is 1.33 bits per heavy atom. The van der Waals surface area contributed by atoms with E-state index in [0.29, 0.717) is 10.5 Å². The second-order valence-electron chi connectivity index (χ2n) is 2.42. The lowest BCUT2D eigenvalue weighted by Gasteiger charge is -1.90. The molecule has 3 heteroatoms. The first kappa shape index (κ1) is 7.43. The van der Waals surface area contributed by atoms with Gasteiger partial charge in [-0.2, -0.15) is 0 Å². The van der Waals surface area contributed by atoms with Crippen molar-refractivity contribution < 1.29 is 9.90 Å². The van der Waals surface area contributed by atoms with Crippen molar-refractivity contribution in [2.24, 2.45) is 0 Å². The first-order valence-corrected chi connectivity index (χ1v) is 4.30. The molecule has 0 radical (unpaired) electrons. The van der Waals surface area contributed by atoms with Crippen LogP contribution < -0.4 is 0 Å². The fourth-order valence-corrected chi connectivity index (χ4v) is 2.04. The number of carbonyl (C=O) groups is 1. The first-order valence-electron chi connectivity index (χ1n) is 3.49. The molecule has 0 aliphatic carbocycles. The fraction of sp³-hybridized carbons (Fsp3) is 0. The van der Waals surface area contributed by atoms with Gasteiger partial charge in [0.1, 0.15) is 0 Å². The minimum atomic E-state index is -0.0851. The minimum absolute atomic E-state index is 0.0851. The molecule has 0 spiro atoms. The van der Waals surface area contributed by atoms with Gasteiger partial charge in [-0.3, -0.25) is 4.79 Å². The summed E-state index contributed by atoms with van der Waals surface area (Å²) >= 11 is 1.31. The van der Waals surface area contributed by atoms with E-state index in [1.165, 1.54) is 11.8 Å². The average molecular weight is 178 g/mol. The van der Waals surface area contributed by atoms with E-state index in [-0.39, 0.29) is 5.78 Å². The summed E-state index contributed by atoms with van der Waals surface area (Å²) in [6.07, 6.45) is 0.868. The molecule has 1 aromatic rings. The number of hydrogen-bond acceptors (Lipinski definition) is 3. The van der Waals surface area contributed by atoms with Crippen molar-refractivity contribution in [3.63, 3.8) is 0 Å². The minimum Gasteiger partial charge on any atom is -0.514 e. The number of rotatable bonds is 0. The molecule has 1 aliphatic rings. The van der Waals surface area contributed by atoms with Gasteiger partial charge in [0.05, 0.1) is 11.2 Å². The molecule has 0 atom stereocenters. The van der Waals surface area contributed by atoms with Crippen LogP contribution in [0, 0.1) is 0 Å². The lowest BCUT2D eigenvalue weighted by molar-refractivity contribution is 0.104. The van der Waals surface area contributed by atoms with Crippen LogP contribution in [0.3, 0.4) is 0 Å². The number of fused-ring (bicyclic) bond motifs is 1. The third-order valence-corrected chi connectivity index (χ3v) is 2.78. The smallest absolute Gasteiger partial charge is 0.203 e. The van der Waals surface area contributed by atoms with Crippen molar-refractivity contribution in [1.82, 2.24) is 0 Å². The first-order chi connectivity index (χ1) is 5.83. The molecular formula is C9H6O2S. The van der Waals surface area contributed by atoms with Crippen LogP contribution in [0.4, 0.5) is 0 Å². The van der Waals surface area contributed by atoms with E-state index in [9.17, 15) is 4.79 Å². The Kier molecular flexibility index (Phi) is 1.66. The summed E-state index contributed by atoms with van der Waals surface area (Å²) in [5.41, 5.74) is 0.683. The number of carbonyl (C=O) groups excluding carboxylic acids is 1. The second-order valence-corrected chi connectivity index (χ2v) is 3.50. The van der Waals surface area contributed by atoms with Gasteiger partial charge in [-0.15, -0.1) is 0 Å². The number of aliphatic hydroxyl groups is 1. The van der Waals surface area contributed by atoms with Crippen molar-refractivity contribution in [2.45, 2.75) is 4.90 Å². The third kappa shape index (κ3) is 0.940. The van der Waals surface area contributed by atoms with Crippen molar-refractivity contribution in [1.29, 1.82) is 0 Å². The highest BCUT2D eigenvalue weighted by molar-refractivity contribution is 8.04. The van der Waals surface area contributed by atoms with Crippen LogP contribution in [-0.4, -0.2) is 10.9 Å². The molecule has 1 N–H and O–H groups in total. The molecule has 60 valence electrons. The van der Waals surface area contributed by atoms with Gasteiger partial charge in [0, 0.05) is 10.5 Å². The number of benzene rings is 1. The summed E-state index contributed by atoms with van der Waals surface area (Å²) in [4.78, 5) is 12.7. The molecule has 0 amide bonds. The van der Waals surface area contributed by atoms with Gasteiger partial charge in [-0.05, 0) is 12.1 Å². The molecule has 0 bridgehead atoms. The Balaban J connectivity index is 2.56. The SMILES string of the molecule is O=C1/C(=C\O)Sc2ccccc21. The quantitative estimate of drug-likeness (QED) is 0.489. The molecule has 0 unspecified atom stereocenters. The standard InChI is InChI=1S/C9H6O2S/c10-5-8-9(11)6-3-1-2-4-7(6)12-8/h1-5,10H/b8-5+. The molecule has 0 saturated carbocycles. The molecule has 0 saturated heterocycles. The zero-order valence-electron chi connectivity index (χ0n) is 6.15. The van der Waals surface area contributed by atoms with Crippen molar-refractivity contribution in [2.75, 3.05) is 0 Å². The third-order valence-electron chi connectivity index (χ3n) is 1.69. The van der Waals surface area contributed by atoms with Gasteiger partial charge in [0.15, 0.2) is 0 Å². The Hall–Kier alpha value is -1.22. The number of allylic oxidation sites excluding steroid dienone is 1. The molecule has 1 aromatic carbocycles. The number of Topliss-reactive ketones (excluding diaryl/α,β-unsaturated/α-hetero) is 1. The van der Waals surface area contributed by atoms with Crippen LogP contribution in [0.5, 0.6) is 0 Å². The number of aliphatic hydroxyl groups excluding tert-OH is 1. The zero-order chi connectivity index (χ0) is 8.55. The highest BCUT2D eigenvalue weighted by atomic mass is 32.2. The van der Waals surface area contributed by atoms with Crippen molar-refractivity contribution in [3.8, 4) is 0 Å². The largest absolute Gasteiger partial charge is 0.514 e. The van der Waals surface area contributed by atoms with Gasteiger partial charge in [-0.1, -0.05) is 23.9 Å². The van der Waals surface area contributed by atoms with Gasteiger partial charge >= 0.3 is 0 Å². The van der Waals surface area contributed by atoms with E-state index < -0.39 is 0 Å². The topological polar surface area (TPSA) is 37.3 Å². The van der Waals surface area contributed by atoms with E-state index in [2.05, 4.69) is 0 Å². The summed E-state index contributed by atoms with van der Waals surface area (Å²) < 4.78 is 0. The molecule has 1 aliphatic heterocycles. The van der Waals surface area contributed by atoms with E-state index in [4.69, 9.17) is 5.11 Å². The summed E-state index contributed by atoms with van der Waals surface area (Å²) in [6, 6.07) is 7.33. The molecular weight excluding hydrogens is 172 g/mol. The normalized spacial score (nSPS) is 18.3. The Bertz CT molecular complexity index is 369. The van der Waals surface area contributed by atoms with E-state index in [1.54, 1.807) is 6.07 Å². The maximum absolute atomic E-state index is 11.4. The van der Waals surface area contributed by atoms with E-state index in [0.717, 1.165) is 11.2 Å². The van der Waals surface area contributed by atoms with Gasteiger partial charge in [0.25, 0.3) is 0 Å². The average Bonchev–Trinajstić information content (AvgIpc) is 2.44. The number of hydrogen-bond donors (Lipinski definition) is 1. The number of ketones is 1. The molecule has 0 aromatic heterocycles. The molecule has 1 heterocycles. The van der Waals surface area contributed by atoms with Crippen LogP contribution >= 0.6 is 11.8 Å². The van der Waals surface area contributed by atoms with Crippen LogP contribution in [0.25, 0.3) is 0 Å². The highest BCUT2D eigenvalue weighted by Crippen LogP contribution is 2.38. The summed E-state index contributed by atoms with van der Waals surface area (Å²) in [5, 5.41) is 8.70. The Morgan fingerprint density at radius 3 is 2.75 bits per heavy atom. The second kappa shape index (κ2) is 2.68. The van der Waals surface area contributed by atoms with Crippen LogP contribution in [-0.2, 0) is 0 Å². The summed E-state index contributed by atoms with van der Waals surface area (Å²) in [6.45, 7) is 0. The zero-order valence-corrected chi connectivity index (χ0v) is 6.97. The maximum Gasteiger partial charge on any atom is 0.203 e. The summed E-state index contributed by atoms with van der Waals surface area (Å²) in [5.74, 6) is -0.0851. The molecule has 0 fully saturated rings. The van der Waals surface area contributed by atoms with Gasteiger partial charge in [0.2, 0.25) is 5.78 Å².